The first kappa shape index (κ1) is 15.3. The van der Waals surface area contributed by atoms with Gasteiger partial charge in [-0.1, -0.05) is 19.1 Å². The van der Waals surface area contributed by atoms with Crippen molar-refractivity contribution in [3.05, 3.63) is 29.8 Å². The molecule has 1 heterocycles. The van der Waals surface area contributed by atoms with Gasteiger partial charge in [0.05, 0.1) is 19.8 Å². The summed E-state index contributed by atoms with van der Waals surface area (Å²) in [4.78, 5) is 0. The van der Waals surface area contributed by atoms with Crippen LogP contribution in [0.4, 0.5) is 0 Å². The van der Waals surface area contributed by atoms with Crippen LogP contribution >= 0.6 is 0 Å². The quantitative estimate of drug-likeness (QED) is 0.831. The van der Waals surface area contributed by atoms with Crippen molar-refractivity contribution in [1.82, 2.24) is 5.32 Å². The smallest absolute Gasteiger partial charge is 0.118 e. The molecule has 0 aromatic heterocycles. The molecule has 0 saturated carbocycles. The first-order valence-corrected chi connectivity index (χ1v) is 7.70. The van der Waals surface area contributed by atoms with Crippen molar-refractivity contribution in [2.75, 3.05) is 20.3 Å². The summed E-state index contributed by atoms with van der Waals surface area (Å²) in [5.41, 5.74) is 1.36. The van der Waals surface area contributed by atoms with Crippen molar-refractivity contribution >= 4 is 0 Å². The lowest BCUT2D eigenvalue weighted by Crippen LogP contribution is -2.39. The summed E-state index contributed by atoms with van der Waals surface area (Å²) in [6, 6.07) is 8.92. The van der Waals surface area contributed by atoms with Crippen LogP contribution in [0.25, 0.3) is 0 Å². The van der Waals surface area contributed by atoms with Crippen LogP contribution in [0, 0.1) is 5.92 Å². The summed E-state index contributed by atoms with van der Waals surface area (Å²) in [5, 5.41) is 3.70. The molecule has 2 rings (SSSR count). The van der Waals surface area contributed by atoms with E-state index in [4.69, 9.17) is 9.47 Å². The fourth-order valence-electron chi connectivity index (χ4n) is 2.88. The van der Waals surface area contributed by atoms with Crippen molar-refractivity contribution in [1.29, 1.82) is 0 Å². The number of hydrogen-bond donors (Lipinski definition) is 1. The minimum absolute atomic E-state index is 0.404. The fourth-order valence-corrected chi connectivity index (χ4v) is 2.88. The van der Waals surface area contributed by atoms with Crippen LogP contribution in [-0.4, -0.2) is 32.4 Å². The van der Waals surface area contributed by atoms with Gasteiger partial charge >= 0.3 is 0 Å². The highest BCUT2D eigenvalue weighted by Gasteiger charge is 2.29. The number of benzene rings is 1. The molecule has 0 aliphatic carbocycles. The van der Waals surface area contributed by atoms with Crippen LogP contribution in [0.3, 0.4) is 0 Å². The Morgan fingerprint density at radius 2 is 2.10 bits per heavy atom. The second kappa shape index (κ2) is 7.65. The number of hydrogen-bond acceptors (Lipinski definition) is 3. The second-order valence-electron chi connectivity index (χ2n) is 5.75. The van der Waals surface area contributed by atoms with Gasteiger partial charge in [-0.05, 0) is 50.4 Å². The standard InChI is InChI=1S/C17H27NO2/c1-4-9-18-17(15-10-13(2)20-12-15)11-14-5-7-16(19-3)8-6-14/h5-8,13,15,17-18H,4,9-12H2,1-3H3. The summed E-state index contributed by atoms with van der Waals surface area (Å²) in [6.07, 6.45) is 3.80. The average Bonchev–Trinajstić information content (AvgIpc) is 2.90. The van der Waals surface area contributed by atoms with Gasteiger partial charge in [0.25, 0.3) is 0 Å². The van der Waals surface area contributed by atoms with Gasteiger partial charge in [-0.2, -0.15) is 0 Å². The van der Waals surface area contributed by atoms with Crippen LogP contribution in [0.2, 0.25) is 0 Å². The Morgan fingerprint density at radius 1 is 1.35 bits per heavy atom. The number of methoxy groups -OCH3 is 1. The molecule has 1 aromatic rings. The molecule has 1 N–H and O–H groups in total. The minimum Gasteiger partial charge on any atom is -0.497 e. The van der Waals surface area contributed by atoms with Gasteiger partial charge in [-0.3, -0.25) is 0 Å². The molecule has 3 heteroatoms. The van der Waals surface area contributed by atoms with Crippen LogP contribution in [0.15, 0.2) is 24.3 Å². The third-order valence-electron chi connectivity index (χ3n) is 4.07. The van der Waals surface area contributed by atoms with Gasteiger partial charge in [0.15, 0.2) is 0 Å². The molecule has 3 atom stereocenters. The minimum atomic E-state index is 0.404. The topological polar surface area (TPSA) is 30.5 Å². The van der Waals surface area contributed by atoms with Crippen molar-refractivity contribution in [2.45, 2.75) is 45.3 Å². The predicted octanol–water partition coefficient (Wildman–Crippen LogP) is 3.03. The van der Waals surface area contributed by atoms with Crippen molar-refractivity contribution < 1.29 is 9.47 Å². The lowest BCUT2D eigenvalue weighted by Gasteiger charge is -2.24. The van der Waals surface area contributed by atoms with Gasteiger partial charge in [0.2, 0.25) is 0 Å². The summed E-state index contributed by atoms with van der Waals surface area (Å²) in [7, 11) is 1.71. The van der Waals surface area contributed by atoms with Crippen molar-refractivity contribution in [3.63, 3.8) is 0 Å². The second-order valence-corrected chi connectivity index (χ2v) is 5.75. The molecule has 3 nitrogen and oxygen atoms in total. The molecular weight excluding hydrogens is 250 g/mol. The van der Waals surface area contributed by atoms with E-state index >= 15 is 0 Å². The van der Waals surface area contributed by atoms with Crippen LogP contribution in [0.5, 0.6) is 5.75 Å². The third-order valence-corrected chi connectivity index (χ3v) is 4.07. The zero-order chi connectivity index (χ0) is 14.4. The number of ether oxygens (including phenoxy) is 2. The van der Waals surface area contributed by atoms with Gasteiger partial charge in [0, 0.05) is 12.0 Å². The Balaban J connectivity index is 1.98. The SMILES string of the molecule is CCCNC(Cc1ccc(OC)cc1)C1COC(C)C1. The van der Waals surface area contributed by atoms with E-state index in [-0.39, 0.29) is 0 Å². The largest absolute Gasteiger partial charge is 0.497 e. The van der Waals surface area contributed by atoms with Gasteiger partial charge < -0.3 is 14.8 Å². The van der Waals surface area contributed by atoms with E-state index in [9.17, 15) is 0 Å². The third kappa shape index (κ3) is 4.22. The van der Waals surface area contributed by atoms with Gasteiger partial charge in [-0.25, -0.2) is 0 Å². The Labute approximate surface area is 122 Å². The van der Waals surface area contributed by atoms with Crippen LogP contribution in [0.1, 0.15) is 32.3 Å². The summed E-state index contributed by atoms with van der Waals surface area (Å²) >= 11 is 0. The molecule has 1 aliphatic heterocycles. The maximum absolute atomic E-state index is 5.74. The lowest BCUT2D eigenvalue weighted by atomic mass is 9.91. The molecule has 1 fully saturated rings. The van der Waals surface area contributed by atoms with Gasteiger partial charge in [-0.15, -0.1) is 0 Å². The molecule has 20 heavy (non-hydrogen) atoms. The molecule has 3 unspecified atom stereocenters. The highest BCUT2D eigenvalue weighted by molar-refractivity contribution is 5.27. The Bertz CT molecular complexity index is 390. The zero-order valence-electron chi connectivity index (χ0n) is 12.9. The van der Waals surface area contributed by atoms with Gasteiger partial charge in [0.1, 0.15) is 5.75 Å². The van der Waals surface area contributed by atoms with E-state index in [1.54, 1.807) is 7.11 Å². The maximum Gasteiger partial charge on any atom is 0.118 e. The molecule has 0 amide bonds. The average molecular weight is 277 g/mol. The maximum atomic E-state index is 5.74. The fraction of sp³-hybridized carbons (Fsp3) is 0.647. The highest BCUT2D eigenvalue weighted by Crippen LogP contribution is 2.25. The van der Waals surface area contributed by atoms with E-state index in [1.807, 2.05) is 12.1 Å². The zero-order valence-corrected chi connectivity index (χ0v) is 12.9. The Kier molecular flexibility index (Phi) is 5.86. The lowest BCUT2D eigenvalue weighted by molar-refractivity contribution is 0.117. The number of nitrogens with one attached hydrogen (secondary N) is 1. The molecule has 0 radical (unpaired) electrons. The summed E-state index contributed by atoms with van der Waals surface area (Å²) in [5.74, 6) is 1.54. The van der Waals surface area contributed by atoms with E-state index in [2.05, 4.69) is 31.3 Å². The van der Waals surface area contributed by atoms with Crippen molar-refractivity contribution in [3.8, 4) is 5.75 Å². The monoisotopic (exact) mass is 277 g/mol. The van der Waals surface area contributed by atoms with Crippen LogP contribution in [-0.2, 0) is 11.2 Å². The first-order valence-electron chi connectivity index (χ1n) is 7.70. The molecule has 0 bridgehead atoms. The highest BCUT2D eigenvalue weighted by atomic mass is 16.5. The molecule has 0 spiro atoms. The molecular formula is C17H27NO2. The Hall–Kier alpha value is -1.06. The predicted molar refractivity (Wildman–Crippen MR) is 82.3 cm³/mol. The molecule has 1 aliphatic rings. The van der Waals surface area contributed by atoms with E-state index in [0.717, 1.165) is 31.7 Å². The van der Waals surface area contributed by atoms with Crippen molar-refractivity contribution in [2.24, 2.45) is 5.92 Å². The first-order chi connectivity index (χ1) is 9.72. The van der Waals surface area contributed by atoms with E-state index in [0.29, 0.717) is 18.1 Å². The summed E-state index contributed by atoms with van der Waals surface area (Å²) in [6.45, 7) is 6.35. The summed E-state index contributed by atoms with van der Waals surface area (Å²) < 4.78 is 11.0. The Morgan fingerprint density at radius 3 is 2.65 bits per heavy atom. The normalized spacial score (nSPS) is 23.8. The number of rotatable bonds is 7. The molecule has 1 saturated heterocycles. The van der Waals surface area contributed by atoms with E-state index < -0.39 is 0 Å². The van der Waals surface area contributed by atoms with Crippen LogP contribution < -0.4 is 10.1 Å². The van der Waals surface area contributed by atoms with E-state index in [1.165, 1.54) is 12.0 Å². The molecule has 1 aromatic carbocycles. The molecule has 112 valence electrons.